The summed E-state index contributed by atoms with van der Waals surface area (Å²) < 4.78 is 6.12. The maximum atomic E-state index is 12.7. The highest BCUT2D eigenvalue weighted by atomic mass is 16.5. The van der Waals surface area contributed by atoms with Gasteiger partial charge in [-0.25, -0.2) is 19.9 Å². The van der Waals surface area contributed by atoms with E-state index in [-0.39, 0.29) is 5.91 Å². The highest BCUT2D eigenvalue weighted by molar-refractivity contribution is 6.04. The van der Waals surface area contributed by atoms with Gasteiger partial charge in [0.2, 0.25) is 5.88 Å². The number of nitrogens with zero attached hydrogens (tertiary/aromatic N) is 4. The fourth-order valence-corrected chi connectivity index (χ4v) is 2.95. The summed E-state index contributed by atoms with van der Waals surface area (Å²) in [6.45, 7) is 3.89. The molecule has 0 unspecified atom stereocenters. The Hall–Kier alpha value is -4.13. The fraction of sp³-hybridized carbons (Fsp3) is 0.125. The molecule has 4 rings (SSSR count). The van der Waals surface area contributed by atoms with Crippen LogP contribution in [-0.4, -0.2) is 25.8 Å². The van der Waals surface area contributed by atoms with Gasteiger partial charge in [0.25, 0.3) is 5.91 Å². The van der Waals surface area contributed by atoms with Crippen LogP contribution < -0.4 is 10.1 Å². The number of carbonyl (C=O) groups is 1. The Morgan fingerprint density at radius 2 is 1.84 bits per heavy atom. The van der Waals surface area contributed by atoms with Crippen LogP contribution in [0.2, 0.25) is 0 Å². The van der Waals surface area contributed by atoms with Crippen LogP contribution in [0.3, 0.4) is 0 Å². The Balaban J connectivity index is 1.63. The molecule has 0 fully saturated rings. The molecule has 154 valence electrons. The molecule has 1 amide bonds. The lowest BCUT2D eigenvalue weighted by atomic mass is 10.1. The van der Waals surface area contributed by atoms with E-state index in [0.29, 0.717) is 40.8 Å². The van der Waals surface area contributed by atoms with Crippen molar-refractivity contribution in [1.82, 2.24) is 19.9 Å². The number of ether oxygens (including phenoxy) is 1. The molecule has 0 bridgehead atoms. The summed E-state index contributed by atoms with van der Waals surface area (Å²) in [4.78, 5) is 29.9. The van der Waals surface area contributed by atoms with Crippen molar-refractivity contribution in [1.29, 1.82) is 0 Å². The maximum Gasteiger partial charge on any atom is 0.255 e. The number of hydrogen-bond acceptors (Lipinski definition) is 6. The van der Waals surface area contributed by atoms with E-state index < -0.39 is 0 Å². The first kappa shape index (κ1) is 20.2. The molecule has 2 heterocycles. The number of nitrogens with one attached hydrogen (secondary N) is 1. The maximum absolute atomic E-state index is 12.7. The van der Waals surface area contributed by atoms with Crippen molar-refractivity contribution in [2.24, 2.45) is 0 Å². The van der Waals surface area contributed by atoms with Crippen LogP contribution >= 0.6 is 0 Å². The quantitative estimate of drug-likeness (QED) is 0.488. The molecular formula is C24H21N5O2. The first-order chi connectivity index (χ1) is 15.1. The van der Waals surface area contributed by atoms with Gasteiger partial charge in [0.1, 0.15) is 17.9 Å². The first-order valence-corrected chi connectivity index (χ1v) is 9.92. The molecule has 0 radical (unpaired) electrons. The molecule has 2 aromatic heterocycles. The van der Waals surface area contributed by atoms with E-state index in [0.717, 1.165) is 11.3 Å². The van der Waals surface area contributed by atoms with Crippen molar-refractivity contribution in [3.8, 4) is 23.0 Å². The SMILES string of the molecule is CCc1ncnc(-c2cccnc2Oc2cc(C(=O)Nc3ccccc3)ccc2C)n1. The number of aromatic nitrogens is 4. The molecular weight excluding hydrogens is 390 g/mol. The minimum absolute atomic E-state index is 0.220. The molecule has 1 N–H and O–H groups in total. The average Bonchev–Trinajstić information content (AvgIpc) is 2.81. The second-order valence-corrected chi connectivity index (χ2v) is 6.84. The Kier molecular flexibility index (Phi) is 5.93. The van der Waals surface area contributed by atoms with Crippen LogP contribution in [0.5, 0.6) is 11.6 Å². The van der Waals surface area contributed by atoms with Gasteiger partial charge in [-0.2, -0.15) is 0 Å². The molecule has 0 aliphatic rings. The fourth-order valence-electron chi connectivity index (χ4n) is 2.95. The van der Waals surface area contributed by atoms with E-state index in [1.165, 1.54) is 6.33 Å². The molecule has 0 aliphatic heterocycles. The van der Waals surface area contributed by atoms with Gasteiger partial charge in [-0.15, -0.1) is 0 Å². The number of hydrogen-bond donors (Lipinski definition) is 1. The summed E-state index contributed by atoms with van der Waals surface area (Å²) in [7, 11) is 0. The summed E-state index contributed by atoms with van der Waals surface area (Å²) in [5, 5.41) is 2.88. The number of pyridine rings is 1. The van der Waals surface area contributed by atoms with Gasteiger partial charge in [-0.05, 0) is 48.9 Å². The first-order valence-electron chi connectivity index (χ1n) is 9.92. The third-order valence-electron chi connectivity index (χ3n) is 4.64. The number of rotatable bonds is 6. The number of carbonyl (C=O) groups excluding carboxylic acids is 1. The standard InChI is InChI=1S/C24H21N5O2/c1-3-21-26-15-27-22(29-21)19-10-7-13-25-24(19)31-20-14-17(12-11-16(20)2)23(30)28-18-8-5-4-6-9-18/h4-15H,3H2,1-2H3,(H,28,30). The Morgan fingerprint density at radius 3 is 2.65 bits per heavy atom. The third kappa shape index (κ3) is 4.72. The third-order valence-corrected chi connectivity index (χ3v) is 4.64. The lowest BCUT2D eigenvalue weighted by molar-refractivity contribution is 0.102. The zero-order valence-corrected chi connectivity index (χ0v) is 17.2. The van der Waals surface area contributed by atoms with Gasteiger partial charge < -0.3 is 10.1 Å². The molecule has 0 saturated carbocycles. The predicted octanol–water partition coefficient (Wildman–Crippen LogP) is 4.85. The van der Waals surface area contributed by atoms with Crippen LogP contribution in [0, 0.1) is 6.92 Å². The van der Waals surface area contributed by atoms with Gasteiger partial charge in [-0.3, -0.25) is 4.79 Å². The molecule has 0 saturated heterocycles. The number of aryl methyl sites for hydroxylation is 2. The van der Waals surface area contributed by atoms with Crippen LogP contribution in [0.15, 0.2) is 73.2 Å². The smallest absolute Gasteiger partial charge is 0.255 e. The van der Waals surface area contributed by atoms with Gasteiger partial charge in [0.15, 0.2) is 5.82 Å². The molecule has 4 aromatic rings. The number of para-hydroxylation sites is 1. The second kappa shape index (κ2) is 9.13. The van der Waals surface area contributed by atoms with Gasteiger partial charge in [-0.1, -0.05) is 31.2 Å². The van der Waals surface area contributed by atoms with Crippen molar-refractivity contribution < 1.29 is 9.53 Å². The van der Waals surface area contributed by atoms with Crippen molar-refractivity contribution >= 4 is 11.6 Å². The Bertz CT molecular complexity index is 1210. The van der Waals surface area contributed by atoms with Crippen LogP contribution in [0.1, 0.15) is 28.7 Å². The number of amides is 1. The van der Waals surface area contributed by atoms with E-state index in [2.05, 4.69) is 25.3 Å². The predicted molar refractivity (Wildman–Crippen MR) is 118 cm³/mol. The highest BCUT2D eigenvalue weighted by Crippen LogP contribution is 2.31. The molecule has 31 heavy (non-hydrogen) atoms. The lowest BCUT2D eigenvalue weighted by Gasteiger charge is -2.13. The van der Waals surface area contributed by atoms with Gasteiger partial charge in [0.05, 0.1) is 5.56 Å². The van der Waals surface area contributed by atoms with Crippen LogP contribution in [-0.2, 0) is 6.42 Å². The molecule has 2 aromatic carbocycles. The summed E-state index contributed by atoms with van der Waals surface area (Å²) in [6, 6.07) is 18.3. The van der Waals surface area contributed by atoms with Crippen molar-refractivity contribution in [2.45, 2.75) is 20.3 Å². The summed E-state index contributed by atoms with van der Waals surface area (Å²) >= 11 is 0. The zero-order chi connectivity index (χ0) is 21.6. The van der Waals surface area contributed by atoms with Gasteiger partial charge >= 0.3 is 0 Å². The van der Waals surface area contributed by atoms with Crippen LogP contribution in [0.25, 0.3) is 11.4 Å². The van der Waals surface area contributed by atoms with Crippen molar-refractivity contribution in [2.75, 3.05) is 5.32 Å². The Labute approximate surface area is 180 Å². The van der Waals surface area contributed by atoms with Gasteiger partial charge in [0, 0.05) is 23.9 Å². The molecule has 0 aliphatic carbocycles. The zero-order valence-electron chi connectivity index (χ0n) is 17.2. The van der Waals surface area contributed by atoms with Crippen molar-refractivity contribution in [3.63, 3.8) is 0 Å². The van der Waals surface area contributed by atoms with E-state index >= 15 is 0 Å². The average molecular weight is 411 g/mol. The highest BCUT2D eigenvalue weighted by Gasteiger charge is 2.15. The second-order valence-electron chi connectivity index (χ2n) is 6.84. The topological polar surface area (TPSA) is 89.9 Å². The van der Waals surface area contributed by atoms with E-state index in [4.69, 9.17) is 4.74 Å². The van der Waals surface area contributed by atoms with Crippen molar-refractivity contribution in [3.05, 3.63) is 90.1 Å². The minimum Gasteiger partial charge on any atom is -0.438 e. The summed E-state index contributed by atoms with van der Waals surface area (Å²) in [5.74, 6) is 1.85. The van der Waals surface area contributed by atoms with E-state index in [9.17, 15) is 4.79 Å². The summed E-state index contributed by atoms with van der Waals surface area (Å²) in [5.41, 5.74) is 2.73. The molecule has 0 spiro atoms. The molecule has 0 atom stereocenters. The normalized spacial score (nSPS) is 10.5. The number of benzene rings is 2. The van der Waals surface area contributed by atoms with E-state index in [1.807, 2.05) is 56.3 Å². The number of anilines is 1. The Morgan fingerprint density at radius 1 is 1.00 bits per heavy atom. The van der Waals surface area contributed by atoms with Crippen LogP contribution in [0.4, 0.5) is 5.69 Å². The summed E-state index contributed by atoms with van der Waals surface area (Å²) in [6.07, 6.45) is 3.82. The monoisotopic (exact) mass is 411 g/mol. The molecule has 7 heteroatoms. The van der Waals surface area contributed by atoms with E-state index in [1.54, 1.807) is 24.4 Å². The lowest BCUT2D eigenvalue weighted by Crippen LogP contribution is -2.12. The minimum atomic E-state index is -0.220. The molecule has 7 nitrogen and oxygen atoms in total. The largest absolute Gasteiger partial charge is 0.438 e.